The molecule has 0 spiro atoms. The van der Waals surface area contributed by atoms with E-state index in [4.69, 9.17) is 0 Å². The van der Waals surface area contributed by atoms with E-state index in [1.54, 1.807) is 4.90 Å². The van der Waals surface area contributed by atoms with E-state index in [-0.39, 0.29) is 24.2 Å². The lowest BCUT2D eigenvalue weighted by atomic mass is 10.1. The average molecular weight is 478 g/mol. The van der Waals surface area contributed by atoms with Crippen LogP contribution in [0.5, 0.6) is 0 Å². The van der Waals surface area contributed by atoms with Crippen LogP contribution in [0, 0.1) is 12.8 Å². The fraction of sp³-hybridized carbons (Fsp3) is 0.172. The Morgan fingerprint density at radius 3 is 2.42 bits per heavy atom. The van der Waals surface area contributed by atoms with Crippen molar-refractivity contribution in [2.75, 3.05) is 17.2 Å². The number of amides is 2. The summed E-state index contributed by atoms with van der Waals surface area (Å²) in [5.74, 6) is 0.802. The lowest BCUT2D eigenvalue weighted by molar-refractivity contribution is -0.128. The second-order valence-electron chi connectivity index (χ2n) is 8.91. The normalized spacial score (nSPS) is 15.1. The monoisotopic (exact) mass is 477 g/mol. The minimum atomic E-state index is -0.379. The largest absolute Gasteiger partial charge is 0.340 e. The van der Waals surface area contributed by atoms with E-state index in [9.17, 15) is 9.59 Å². The maximum absolute atomic E-state index is 12.9. The van der Waals surface area contributed by atoms with Crippen molar-refractivity contribution in [2.45, 2.75) is 19.9 Å². The van der Waals surface area contributed by atoms with Gasteiger partial charge in [-0.25, -0.2) is 9.97 Å². The van der Waals surface area contributed by atoms with Gasteiger partial charge in [0.05, 0.1) is 11.6 Å². The van der Waals surface area contributed by atoms with Gasteiger partial charge in [-0.15, -0.1) is 0 Å². The second-order valence-corrected chi connectivity index (χ2v) is 8.91. The molecular weight excluding hydrogens is 450 g/mol. The number of likely N-dealkylation sites (tertiary alicyclic amines) is 1. The first kappa shape index (κ1) is 23.2. The number of aryl methyl sites for hydroxylation is 1. The van der Waals surface area contributed by atoms with Crippen LogP contribution in [-0.4, -0.2) is 33.2 Å². The minimum Gasteiger partial charge on any atom is -0.340 e. The molecule has 1 aliphatic heterocycles. The molecular formula is C29H27N5O2. The highest BCUT2D eigenvalue weighted by molar-refractivity contribution is 5.97. The molecule has 2 amide bonds. The first-order chi connectivity index (χ1) is 17.5. The maximum atomic E-state index is 12.9. The van der Waals surface area contributed by atoms with E-state index < -0.39 is 0 Å². The molecule has 0 radical (unpaired) electrons. The lowest BCUT2D eigenvalue weighted by Gasteiger charge is -2.17. The van der Waals surface area contributed by atoms with E-state index in [0.29, 0.717) is 30.4 Å². The van der Waals surface area contributed by atoms with Crippen LogP contribution in [0.25, 0.3) is 11.3 Å². The van der Waals surface area contributed by atoms with Gasteiger partial charge < -0.3 is 15.5 Å². The highest BCUT2D eigenvalue weighted by atomic mass is 16.2. The van der Waals surface area contributed by atoms with Gasteiger partial charge in [-0.1, -0.05) is 66.7 Å². The molecule has 1 aliphatic rings. The number of hydrogen-bond donors (Lipinski definition) is 2. The topological polar surface area (TPSA) is 87.2 Å². The summed E-state index contributed by atoms with van der Waals surface area (Å²) in [6.45, 7) is 2.80. The van der Waals surface area contributed by atoms with Crippen molar-refractivity contribution in [3.05, 3.63) is 102 Å². The van der Waals surface area contributed by atoms with Gasteiger partial charge in [-0.3, -0.25) is 9.59 Å². The predicted molar refractivity (Wildman–Crippen MR) is 141 cm³/mol. The molecule has 0 aliphatic carbocycles. The third-order valence-electron chi connectivity index (χ3n) is 6.11. The molecule has 0 bridgehead atoms. The fourth-order valence-corrected chi connectivity index (χ4v) is 4.36. The highest BCUT2D eigenvalue weighted by Gasteiger charge is 2.34. The van der Waals surface area contributed by atoms with Crippen LogP contribution in [0.15, 0.2) is 91.0 Å². The maximum Gasteiger partial charge on any atom is 0.229 e. The van der Waals surface area contributed by atoms with Crippen LogP contribution in [0.2, 0.25) is 0 Å². The summed E-state index contributed by atoms with van der Waals surface area (Å²) >= 11 is 0. The van der Waals surface area contributed by atoms with E-state index in [2.05, 4.69) is 20.6 Å². The Balaban J connectivity index is 1.24. The standard InChI is InChI=1S/C29H27N5O2/c1-20-30-26(22-11-6-3-7-12-22)17-27(31-20)32-24-13-8-14-25(16-24)33-29(36)23-15-28(35)34(19-23)18-21-9-4-2-5-10-21/h2-14,16-17,23H,15,18-19H2,1H3,(H,33,36)(H,30,31,32). The summed E-state index contributed by atoms with van der Waals surface area (Å²) in [6.07, 6.45) is 0.221. The molecule has 5 rings (SSSR count). The molecule has 1 fully saturated rings. The molecule has 1 saturated heterocycles. The molecule has 4 aromatic rings. The van der Waals surface area contributed by atoms with Crippen LogP contribution in [-0.2, 0) is 16.1 Å². The number of carbonyl (C=O) groups is 2. The van der Waals surface area contributed by atoms with Crippen molar-refractivity contribution in [3.63, 3.8) is 0 Å². The predicted octanol–water partition coefficient (Wildman–Crippen LogP) is 5.18. The number of hydrogen-bond acceptors (Lipinski definition) is 5. The van der Waals surface area contributed by atoms with Crippen LogP contribution in [0.1, 0.15) is 17.8 Å². The van der Waals surface area contributed by atoms with Gasteiger partial charge in [0.25, 0.3) is 0 Å². The number of rotatable bonds is 7. The Morgan fingerprint density at radius 2 is 1.64 bits per heavy atom. The molecule has 0 saturated carbocycles. The van der Waals surface area contributed by atoms with E-state index in [1.807, 2.05) is 97.9 Å². The lowest BCUT2D eigenvalue weighted by Crippen LogP contribution is -2.28. The van der Waals surface area contributed by atoms with Crippen molar-refractivity contribution in [3.8, 4) is 11.3 Å². The van der Waals surface area contributed by atoms with Crippen LogP contribution in [0.3, 0.4) is 0 Å². The van der Waals surface area contributed by atoms with Gasteiger partial charge in [-0.2, -0.15) is 0 Å². The van der Waals surface area contributed by atoms with Crippen molar-refractivity contribution in [1.82, 2.24) is 14.9 Å². The summed E-state index contributed by atoms with van der Waals surface area (Å²) in [6, 6.07) is 29.1. The van der Waals surface area contributed by atoms with Gasteiger partial charge >= 0.3 is 0 Å². The zero-order valence-corrected chi connectivity index (χ0v) is 20.0. The summed E-state index contributed by atoms with van der Waals surface area (Å²) in [4.78, 5) is 36.2. The minimum absolute atomic E-state index is 0.00257. The average Bonchev–Trinajstić information content (AvgIpc) is 3.25. The Morgan fingerprint density at radius 1 is 0.917 bits per heavy atom. The SMILES string of the molecule is Cc1nc(Nc2cccc(NC(=O)C3CC(=O)N(Cc4ccccc4)C3)c2)cc(-c2ccccc2)n1. The molecule has 1 unspecified atom stereocenters. The molecule has 2 N–H and O–H groups in total. The zero-order chi connectivity index (χ0) is 24.9. The number of benzene rings is 3. The zero-order valence-electron chi connectivity index (χ0n) is 20.0. The summed E-state index contributed by atoms with van der Waals surface area (Å²) in [5, 5.41) is 6.29. The van der Waals surface area contributed by atoms with Gasteiger partial charge in [-0.05, 0) is 30.7 Å². The Bertz CT molecular complexity index is 1380. The molecule has 36 heavy (non-hydrogen) atoms. The first-order valence-electron chi connectivity index (χ1n) is 11.9. The van der Waals surface area contributed by atoms with Crippen molar-refractivity contribution < 1.29 is 9.59 Å². The van der Waals surface area contributed by atoms with Gasteiger partial charge in [0.15, 0.2) is 0 Å². The first-order valence-corrected chi connectivity index (χ1v) is 11.9. The summed E-state index contributed by atoms with van der Waals surface area (Å²) in [5.41, 5.74) is 4.35. The smallest absolute Gasteiger partial charge is 0.229 e. The van der Waals surface area contributed by atoms with Crippen LogP contribution < -0.4 is 10.6 Å². The third kappa shape index (κ3) is 5.58. The number of carbonyl (C=O) groups excluding carboxylic acids is 2. The Hall–Kier alpha value is -4.52. The highest BCUT2D eigenvalue weighted by Crippen LogP contribution is 2.25. The van der Waals surface area contributed by atoms with Crippen molar-refractivity contribution >= 4 is 29.0 Å². The van der Waals surface area contributed by atoms with Crippen molar-refractivity contribution in [1.29, 1.82) is 0 Å². The number of nitrogens with zero attached hydrogens (tertiary/aromatic N) is 3. The van der Waals surface area contributed by atoms with Crippen LogP contribution >= 0.6 is 0 Å². The van der Waals surface area contributed by atoms with E-state index in [0.717, 1.165) is 22.5 Å². The van der Waals surface area contributed by atoms with Crippen molar-refractivity contribution in [2.24, 2.45) is 5.92 Å². The molecule has 2 heterocycles. The molecule has 7 heteroatoms. The van der Waals surface area contributed by atoms with E-state index in [1.165, 1.54) is 0 Å². The number of anilines is 3. The van der Waals surface area contributed by atoms with Crippen LogP contribution in [0.4, 0.5) is 17.2 Å². The fourth-order valence-electron chi connectivity index (χ4n) is 4.36. The van der Waals surface area contributed by atoms with Gasteiger partial charge in [0.1, 0.15) is 11.6 Å². The molecule has 1 atom stereocenters. The Kier molecular flexibility index (Phi) is 6.71. The third-order valence-corrected chi connectivity index (χ3v) is 6.11. The summed E-state index contributed by atoms with van der Waals surface area (Å²) < 4.78 is 0. The number of nitrogens with one attached hydrogen (secondary N) is 2. The summed E-state index contributed by atoms with van der Waals surface area (Å²) in [7, 11) is 0. The molecule has 7 nitrogen and oxygen atoms in total. The number of aromatic nitrogens is 2. The quantitative estimate of drug-likeness (QED) is 0.383. The molecule has 180 valence electrons. The van der Waals surface area contributed by atoms with Gasteiger partial charge in [0.2, 0.25) is 11.8 Å². The van der Waals surface area contributed by atoms with E-state index >= 15 is 0 Å². The van der Waals surface area contributed by atoms with Gasteiger partial charge in [0, 0.05) is 42.5 Å². The molecule has 1 aromatic heterocycles. The Labute approximate surface area is 210 Å². The second kappa shape index (κ2) is 10.4. The molecule has 3 aromatic carbocycles.